The normalized spacial score (nSPS) is 18.3. The van der Waals surface area contributed by atoms with E-state index in [2.05, 4.69) is 277 Å². The maximum Gasteiger partial charge on any atom is 0.0629 e. The van der Waals surface area contributed by atoms with Gasteiger partial charge in [-0.1, -0.05) is 231 Å². The van der Waals surface area contributed by atoms with E-state index < -0.39 is 0 Å². The maximum atomic E-state index is 2.53. The summed E-state index contributed by atoms with van der Waals surface area (Å²) in [5.74, 6) is 0.635. The summed E-state index contributed by atoms with van der Waals surface area (Å²) in [6.07, 6.45) is 18.2. The summed E-state index contributed by atoms with van der Waals surface area (Å²) in [5.41, 5.74) is 22.0. The van der Waals surface area contributed by atoms with Crippen LogP contribution in [0.4, 0.5) is 22.7 Å². The molecule has 4 aliphatic rings. The third-order valence-electron chi connectivity index (χ3n) is 14.5. The van der Waals surface area contributed by atoms with Crippen molar-refractivity contribution in [2.24, 2.45) is 0 Å². The first kappa shape index (κ1) is 39.9. The van der Waals surface area contributed by atoms with Gasteiger partial charge in [0.2, 0.25) is 0 Å². The molecule has 13 rings (SSSR count). The Morgan fingerprint density at radius 1 is 0.235 bits per heavy atom. The first-order valence-electron chi connectivity index (χ1n) is 23.9. The number of nitrogens with zero attached hydrogens (tertiary/aromatic N) is 2. The van der Waals surface area contributed by atoms with E-state index in [0.717, 1.165) is 0 Å². The highest BCUT2D eigenvalue weighted by Gasteiger charge is 2.39. The Balaban J connectivity index is 1.09. The highest BCUT2D eigenvalue weighted by Crippen LogP contribution is 2.57. The van der Waals surface area contributed by atoms with Gasteiger partial charge in [0.1, 0.15) is 0 Å². The van der Waals surface area contributed by atoms with Crippen LogP contribution in [-0.4, -0.2) is 12.1 Å². The molecule has 0 N–H and O–H groups in total. The molecule has 0 saturated heterocycles. The van der Waals surface area contributed by atoms with Gasteiger partial charge in [0.15, 0.2) is 0 Å². The first-order valence-corrected chi connectivity index (χ1v) is 23.9. The zero-order valence-corrected chi connectivity index (χ0v) is 37.6. The number of allylic oxidation sites excluding steroid dienone is 4. The number of benzene rings is 9. The van der Waals surface area contributed by atoms with Crippen molar-refractivity contribution in [2.75, 3.05) is 9.80 Å². The lowest BCUT2D eigenvalue weighted by Crippen LogP contribution is -2.28. The van der Waals surface area contributed by atoms with E-state index in [4.69, 9.17) is 0 Å². The van der Waals surface area contributed by atoms with Gasteiger partial charge in [-0.3, -0.25) is 0 Å². The van der Waals surface area contributed by atoms with Gasteiger partial charge in [0, 0.05) is 34.6 Å². The fourth-order valence-corrected chi connectivity index (χ4v) is 11.7. The predicted octanol–water partition coefficient (Wildman–Crippen LogP) is 17.1. The lowest BCUT2D eigenvalue weighted by molar-refractivity contribution is 0.745. The van der Waals surface area contributed by atoms with Gasteiger partial charge in [-0.25, -0.2) is 0 Å². The minimum atomic E-state index is 0.223. The molecule has 322 valence electrons. The maximum absolute atomic E-state index is 2.53. The summed E-state index contributed by atoms with van der Waals surface area (Å²) in [4.78, 5) is 5.05. The highest BCUT2D eigenvalue weighted by molar-refractivity contribution is 6.15. The second-order valence-electron chi connectivity index (χ2n) is 18.2. The van der Waals surface area contributed by atoms with Crippen LogP contribution in [0.25, 0.3) is 66.8 Å². The van der Waals surface area contributed by atoms with Crippen molar-refractivity contribution in [1.29, 1.82) is 0 Å². The van der Waals surface area contributed by atoms with E-state index in [0.29, 0.717) is 11.8 Å². The largest absolute Gasteiger partial charge is 0.333 e. The zero-order chi connectivity index (χ0) is 45.0. The molecule has 0 fully saturated rings. The zero-order valence-electron chi connectivity index (χ0n) is 37.6. The first-order chi connectivity index (χ1) is 33.8. The monoisotopic (exact) mass is 868 g/mol. The summed E-state index contributed by atoms with van der Waals surface area (Å²) in [6, 6.07) is 81.5. The van der Waals surface area contributed by atoms with Crippen molar-refractivity contribution >= 4 is 22.7 Å². The van der Waals surface area contributed by atoms with Crippen LogP contribution >= 0.6 is 0 Å². The molecule has 2 heterocycles. The van der Waals surface area contributed by atoms with Crippen LogP contribution in [-0.2, 0) is 0 Å². The topological polar surface area (TPSA) is 6.48 Å². The van der Waals surface area contributed by atoms with E-state index in [9.17, 15) is 0 Å². The fourth-order valence-electron chi connectivity index (χ4n) is 11.7. The Hall–Kier alpha value is -8.46. The smallest absolute Gasteiger partial charge is 0.0629 e. The third kappa shape index (κ3) is 6.55. The van der Waals surface area contributed by atoms with E-state index in [1.165, 1.54) is 101 Å². The van der Waals surface area contributed by atoms with Gasteiger partial charge in [-0.2, -0.15) is 0 Å². The van der Waals surface area contributed by atoms with Gasteiger partial charge in [0.05, 0.1) is 12.1 Å². The number of rotatable bonds is 8. The number of para-hydroxylation sites is 2. The fraction of sp³-hybridized carbons (Fsp3) is 0.0606. The van der Waals surface area contributed by atoms with Gasteiger partial charge in [-0.15, -0.1) is 0 Å². The molecule has 2 aliphatic carbocycles. The van der Waals surface area contributed by atoms with Crippen molar-refractivity contribution in [1.82, 2.24) is 0 Å². The standard InChI is InChI=1S/C66H48N2/c1-5-21-45(22-6-1)61-62(46-23-7-2-8-24-46)66(50-39-43-52(44-40-50)68-59-35-19-15-31-55(59)56-32-16-20-36-60(56)68)64(48-27-11-4-12-28-48)63(47-25-9-3-10-26-47)65(61)49-37-41-51(42-38-49)67-57-33-17-13-29-53(57)54-30-14-18-34-58(54)67/h1-44,53,55,57,59H. The molecular weight excluding hydrogens is 821 g/mol. The van der Waals surface area contributed by atoms with Gasteiger partial charge in [-0.05, 0) is 114 Å². The van der Waals surface area contributed by atoms with Crippen LogP contribution in [0.3, 0.4) is 0 Å². The number of anilines is 4. The lowest BCUT2D eigenvalue weighted by Gasteiger charge is -2.31. The molecule has 2 nitrogen and oxygen atoms in total. The minimum absolute atomic E-state index is 0.223. The number of hydrogen-bond donors (Lipinski definition) is 0. The van der Waals surface area contributed by atoms with Gasteiger partial charge >= 0.3 is 0 Å². The molecule has 2 aliphatic heterocycles. The highest BCUT2D eigenvalue weighted by atomic mass is 15.2. The van der Waals surface area contributed by atoms with Crippen molar-refractivity contribution < 1.29 is 0 Å². The molecule has 9 aromatic carbocycles. The van der Waals surface area contributed by atoms with Crippen LogP contribution in [0.2, 0.25) is 0 Å². The average Bonchev–Trinajstić information content (AvgIpc) is 3.94. The summed E-state index contributed by atoms with van der Waals surface area (Å²) < 4.78 is 0. The number of hydrogen-bond acceptors (Lipinski definition) is 2. The second-order valence-corrected chi connectivity index (χ2v) is 18.2. The van der Waals surface area contributed by atoms with Crippen molar-refractivity contribution in [3.63, 3.8) is 0 Å². The van der Waals surface area contributed by atoms with Crippen LogP contribution in [0, 0.1) is 0 Å². The molecule has 0 amide bonds. The lowest BCUT2D eigenvalue weighted by atomic mass is 9.74. The Bertz CT molecular complexity index is 3100. The van der Waals surface area contributed by atoms with Crippen molar-refractivity contribution in [3.8, 4) is 66.8 Å². The Kier molecular flexibility index (Phi) is 9.83. The second kappa shape index (κ2) is 16.8. The molecule has 0 saturated carbocycles. The average molecular weight is 869 g/mol. The summed E-state index contributed by atoms with van der Waals surface area (Å²) >= 11 is 0. The van der Waals surface area contributed by atoms with Crippen LogP contribution in [0.1, 0.15) is 23.0 Å². The molecule has 9 aromatic rings. The molecule has 0 radical (unpaired) electrons. The van der Waals surface area contributed by atoms with Gasteiger partial charge < -0.3 is 9.80 Å². The van der Waals surface area contributed by atoms with E-state index >= 15 is 0 Å². The Morgan fingerprint density at radius 3 is 0.824 bits per heavy atom. The van der Waals surface area contributed by atoms with Crippen LogP contribution in [0.15, 0.2) is 267 Å². The van der Waals surface area contributed by atoms with E-state index in [1.54, 1.807) is 0 Å². The summed E-state index contributed by atoms with van der Waals surface area (Å²) in [7, 11) is 0. The Labute approximate surface area is 399 Å². The Morgan fingerprint density at radius 2 is 0.500 bits per heavy atom. The molecule has 0 aromatic heterocycles. The van der Waals surface area contributed by atoms with Crippen LogP contribution in [0.5, 0.6) is 0 Å². The molecule has 4 atom stereocenters. The quantitative estimate of drug-likeness (QED) is 0.150. The van der Waals surface area contributed by atoms with Crippen molar-refractivity contribution in [3.05, 3.63) is 278 Å². The predicted molar refractivity (Wildman–Crippen MR) is 286 cm³/mol. The number of fused-ring (bicyclic) bond motifs is 6. The third-order valence-corrected chi connectivity index (χ3v) is 14.5. The molecular formula is C66H48N2. The van der Waals surface area contributed by atoms with E-state index in [1.807, 2.05) is 0 Å². The summed E-state index contributed by atoms with van der Waals surface area (Å²) in [5, 5.41) is 0. The van der Waals surface area contributed by atoms with Crippen LogP contribution < -0.4 is 9.80 Å². The minimum Gasteiger partial charge on any atom is -0.333 e. The van der Waals surface area contributed by atoms with Gasteiger partial charge in [0.25, 0.3) is 0 Å². The SMILES string of the molecule is C1=CC2c3ccccc3N(c3ccc(-c4c(-c5ccccc5)c(-c5ccccc5)c(-c5ccc(N6c7ccccc7C7C=CC=CC76)cc5)c(-c5ccccc5)c4-c4ccccc4)cc3)C2C=C1. The molecule has 2 heteroatoms. The summed E-state index contributed by atoms with van der Waals surface area (Å²) in [6.45, 7) is 0. The molecule has 4 unspecified atom stereocenters. The molecule has 0 bridgehead atoms. The van der Waals surface area contributed by atoms with E-state index in [-0.39, 0.29) is 12.1 Å². The molecule has 68 heavy (non-hydrogen) atoms. The van der Waals surface area contributed by atoms with Crippen molar-refractivity contribution in [2.45, 2.75) is 23.9 Å². The molecule has 0 spiro atoms.